The van der Waals surface area contributed by atoms with E-state index in [1.54, 1.807) is 0 Å². The summed E-state index contributed by atoms with van der Waals surface area (Å²) in [5.74, 6) is 1.59. The zero-order valence-corrected chi connectivity index (χ0v) is 17.4. The van der Waals surface area contributed by atoms with Gasteiger partial charge in [-0.3, -0.25) is 9.69 Å². The summed E-state index contributed by atoms with van der Waals surface area (Å²) in [4.78, 5) is 14.9. The van der Waals surface area contributed by atoms with Crippen molar-refractivity contribution < 1.29 is 4.79 Å². The van der Waals surface area contributed by atoms with E-state index in [1.807, 2.05) is 24.3 Å². The minimum absolute atomic E-state index is 0.122. The summed E-state index contributed by atoms with van der Waals surface area (Å²) in [5.41, 5.74) is 3.51. The van der Waals surface area contributed by atoms with E-state index in [0.29, 0.717) is 18.4 Å². The lowest BCUT2D eigenvalue weighted by Crippen LogP contribution is -2.55. The molecule has 4 heteroatoms. The van der Waals surface area contributed by atoms with Crippen LogP contribution in [0.25, 0.3) is 0 Å². The summed E-state index contributed by atoms with van der Waals surface area (Å²) in [6.07, 6.45) is 3.95. The number of anilines is 1. The number of carbonyl (C=O) groups excluding carboxylic acids is 1. The molecule has 0 unspecified atom stereocenters. The van der Waals surface area contributed by atoms with E-state index in [-0.39, 0.29) is 5.91 Å². The van der Waals surface area contributed by atoms with Gasteiger partial charge in [-0.05, 0) is 62.3 Å². The highest BCUT2D eigenvalue weighted by atomic mass is 16.1. The number of hydrogen-bond acceptors (Lipinski definition) is 3. The smallest absolute Gasteiger partial charge is 0.224 e. The fraction of sp³-hybridized carbons (Fsp3) is 0.480. The highest BCUT2D eigenvalue weighted by Gasteiger charge is 2.35. The first-order chi connectivity index (χ1) is 14.2. The van der Waals surface area contributed by atoms with Crippen molar-refractivity contribution in [3.05, 3.63) is 65.7 Å². The largest absolute Gasteiger partial charge is 0.326 e. The molecule has 0 spiro atoms. The van der Waals surface area contributed by atoms with Gasteiger partial charge in [0.1, 0.15) is 0 Å². The molecule has 2 saturated heterocycles. The molecule has 2 aliphatic heterocycles. The molecule has 2 bridgehead atoms. The molecule has 0 aromatic heterocycles. The van der Waals surface area contributed by atoms with Crippen LogP contribution in [0.1, 0.15) is 36.8 Å². The van der Waals surface area contributed by atoms with Crippen molar-refractivity contribution in [3.63, 3.8) is 0 Å². The van der Waals surface area contributed by atoms with Crippen LogP contribution in [-0.2, 0) is 11.3 Å². The van der Waals surface area contributed by atoms with Crippen LogP contribution in [0.2, 0.25) is 0 Å². The Bertz CT molecular complexity index is 789. The number of fused-ring (bicyclic) bond motifs is 2. The predicted octanol–water partition coefficient (Wildman–Crippen LogP) is 4.21. The molecule has 0 saturated carbocycles. The Morgan fingerprint density at radius 2 is 1.90 bits per heavy atom. The Labute approximate surface area is 174 Å². The minimum atomic E-state index is 0.122. The molecule has 3 atom stereocenters. The van der Waals surface area contributed by atoms with Gasteiger partial charge in [-0.2, -0.15) is 0 Å². The number of rotatable bonds is 7. The van der Waals surface area contributed by atoms with Crippen LogP contribution in [0.3, 0.4) is 0 Å². The fourth-order valence-corrected chi connectivity index (χ4v) is 4.92. The Morgan fingerprint density at radius 3 is 2.69 bits per heavy atom. The van der Waals surface area contributed by atoms with Crippen molar-refractivity contribution in [2.75, 3.05) is 25.0 Å². The van der Waals surface area contributed by atoms with E-state index in [4.69, 9.17) is 0 Å². The van der Waals surface area contributed by atoms with E-state index < -0.39 is 0 Å². The predicted molar refractivity (Wildman–Crippen MR) is 119 cm³/mol. The average molecular weight is 392 g/mol. The first-order valence-corrected chi connectivity index (χ1v) is 11.0. The van der Waals surface area contributed by atoms with Crippen molar-refractivity contribution in [2.24, 2.45) is 11.8 Å². The number of amides is 1. The van der Waals surface area contributed by atoms with Crippen LogP contribution < -0.4 is 10.6 Å². The molecule has 2 aromatic carbocycles. The number of carbonyl (C=O) groups is 1. The van der Waals surface area contributed by atoms with Crippen LogP contribution in [0.5, 0.6) is 0 Å². The number of aryl methyl sites for hydroxylation is 1. The van der Waals surface area contributed by atoms with Gasteiger partial charge in [0.25, 0.3) is 0 Å². The summed E-state index contributed by atoms with van der Waals surface area (Å²) in [6.45, 7) is 6.59. The third-order valence-corrected chi connectivity index (χ3v) is 6.39. The van der Waals surface area contributed by atoms with Gasteiger partial charge in [0.2, 0.25) is 5.91 Å². The SMILES string of the molecule is Cc1ccc(NC(=O)CCC[C@H]2NC[C@@H]3C[C@H]2CN(Cc2ccccc2)C3)cc1. The molecule has 2 N–H and O–H groups in total. The molecule has 2 aliphatic rings. The van der Waals surface area contributed by atoms with Crippen LogP contribution in [-0.4, -0.2) is 36.5 Å². The van der Waals surface area contributed by atoms with Crippen LogP contribution in [0.15, 0.2) is 54.6 Å². The zero-order valence-electron chi connectivity index (χ0n) is 17.4. The van der Waals surface area contributed by atoms with Gasteiger partial charge >= 0.3 is 0 Å². The number of nitrogens with zero attached hydrogens (tertiary/aromatic N) is 1. The van der Waals surface area contributed by atoms with Crippen LogP contribution in [0, 0.1) is 18.8 Å². The molecule has 2 fully saturated rings. The van der Waals surface area contributed by atoms with Crippen molar-refractivity contribution in [2.45, 2.75) is 45.2 Å². The van der Waals surface area contributed by atoms with E-state index >= 15 is 0 Å². The van der Waals surface area contributed by atoms with Crippen molar-refractivity contribution in [3.8, 4) is 0 Å². The Hall–Kier alpha value is -2.17. The third kappa shape index (κ3) is 5.68. The molecule has 1 amide bonds. The van der Waals surface area contributed by atoms with E-state index in [9.17, 15) is 4.79 Å². The quantitative estimate of drug-likeness (QED) is 0.743. The number of benzene rings is 2. The molecular weight excluding hydrogens is 358 g/mol. The van der Waals surface area contributed by atoms with Gasteiger partial charge in [-0.15, -0.1) is 0 Å². The minimum Gasteiger partial charge on any atom is -0.326 e. The second kappa shape index (κ2) is 9.55. The third-order valence-electron chi connectivity index (χ3n) is 6.39. The van der Waals surface area contributed by atoms with Gasteiger partial charge in [-0.1, -0.05) is 48.0 Å². The Balaban J connectivity index is 1.23. The summed E-state index contributed by atoms with van der Waals surface area (Å²) < 4.78 is 0. The van der Waals surface area contributed by atoms with Crippen molar-refractivity contribution in [1.29, 1.82) is 0 Å². The maximum absolute atomic E-state index is 12.3. The number of piperidine rings is 2. The van der Waals surface area contributed by atoms with Crippen LogP contribution >= 0.6 is 0 Å². The Morgan fingerprint density at radius 1 is 1.10 bits per heavy atom. The Kier molecular flexibility index (Phi) is 6.63. The molecule has 154 valence electrons. The highest BCUT2D eigenvalue weighted by Crippen LogP contribution is 2.31. The van der Waals surface area contributed by atoms with E-state index in [0.717, 1.165) is 37.5 Å². The average Bonchev–Trinajstić information content (AvgIpc) is 2.72. The van der Waals surface area contributed by atoms with Crippen molar-refractivity contribution >= 4 is 11.6 Å². The first kappa shape index (κ1) is 20.1. The first-order valence-electron chi connectivity index (χ1n) is 11.0. The molecule has 0 radical (unpaired) electrons. The lowest BCUT2D eigenvalue weighted by atomic mass is 9.79. The summed E-state index contributed by atoms with van der Waals surface area (Å²) >= 11 is 0. The van der Waals surface area contributed by atoms with Gasteiger partial charge in [-0.25, -0.2) is 0 Å². The van der Waals surface area contributed by atoms with Gasteiger partial charge < -0.3 is 10.6 Å². The van der Waals surface area contributed by atoms with Gasteiger partial charge in [0, 0.05) is 37.8 Å². The van der Waals surface area contributed by atoms with Crippen LogP contribution in [0.4, 0.5) is 5.69 Å². The number of nitrogens with one attached hydrogen (secondary N) is 2. The van der Waals surface area contributed by atoms with Crippen molar-refractivity contribution in [1.82, 2.24) is 10.2 Å². The summed E-state index contributed by atoms with van der Waals surface area (Å²) in [7, 11) is 0. The molecule has 0 aliphatic carbocycles. The topological polar surface area (TPSA) is 44.4 Å². The fourth-order valence-electron chi connectivity index (χ4n) is 4.92. The summed E-state index contributed by atoms with van der Waals surface area (Å²) in [6, 6.07) is 19.3. The second-order valence-corrected chi connectivity index (χ2v) is 8.86. The van der Waals surface area contributed by atoms with Gasteiger partial charge in [0.05, 0.1) is 0 Å². The lowest BCUT2D eigenvalue weighted by Gasteiger charge is -2.46. The normalized spacial score (nSPS) is 24.2. The molecule has 2 heterocycles. The summed E-state index contributed by atoms with van der Waals surface area (Å²) in [5, 5.41) is 6.79. The maximum atomic E-state index is 12.3. The molecular formula is C25H33N3O. The van der Waals surface area contributed by atoms with Gasteiger partial charge in [0.15, 0.2) is 0 Å². The molecule has 4 nitrogen and oxygen atoms in total. The highest BCUT2D eigenvalue weighted by molar-refractivity contribution is 5.90. The maximum Gasteiger partial charge on any atom is 0.224 e. The second-order valence-electron chi connectivity index (χ2n) is 8.86. The van der Waals surface area contributed by atoms with E-state index in [1.165, 1.54) is 30.6 Å². The van der Waals surface area contributed by atoms with E-state index in [2.05, 4.69) is 52.8 Å². The lowest BCUT2D eigenvalue weighted by molar-refractivity contribution is -0.116. The number of likely N-dealkylation sites (tertiary alicyclic amines) is 1. The molecule has 29 heavy (non-hydrogen) atoms. The zero-order chi connectivity index (χ0) is 20.1. The molecule has 4 rings (SSSR count). The number of hydrogen-bond donors (Lipinski definition) is 2. The molecule has 2 aromatic rings. The standard InChI is InChI=1S/C25H33N3O/c1-19-10-12-23(13-11-19)27-25(29)9-5-8-24-22-14-21(15-26-24)17-28(18-22)16-20-6-3-2-4-7-20/h2-4,6-7,10-13,21-22,24,26H,5,8-9,14-18H2,1H3,(H,27,29)/t21-,22-,24+/m0/s1. The monoisotopic (exact) mass is 391 g/mol.